The minimum atomic E-state index is 0.235. The van der Waals surface area contributed by atoms with Crippen LogP contribution in [0.4, 0.5) is 11.4 Å². The molecule has 0 aliphatic rings. The third kappa shape index (κ3) is 4.92. The van der Waals surface area contributed by atoms with E-state index in [4.69, 9.17) is 21.7 Å². The molecule has 2 N–H and O–H groups in total. The van der Waals surface area contributed by atoms with Gasteiger partial charge in [0.05, 0.1) is 20.8 Å². The maximum absolute atomic E-state index is 9.54. The minimum absolute atomic E-state index is 0.235. The highest BCUT2D eigenvalue weighted by molar-refractivity contribution is 7.80. The summed E-state index contributed by atoms with van der Waals surface area (Å²) in [5.74, 6) is 1.80. The van der Waals surface area contributed by atoms with Crippen molar-refractivity contribution >= 4 is 28.7 Å². The molecule has 0 bridgehead atoms. The summed E-state index contributed by atoms with van der Waals surface area (Å²) in [5.41, 5.74) is 2.82. The highest BCUT2D eigenvalue weighted by atomic mass is 32.1. The zero-order valence-corrected chi connectivity index (χ0v) is 16.6. The number of phenolic OH excluding ortho intramolecular Hbond substituents is 1. The lowest BCUT2D eigenvalue weighted by Crippen LogP contribution is -2.34. The number of benzene rings is 3. The SMILES string of the molecule is COc1ccc(NC(=S)N(Cc2ccc(O)cc2)c2ccc(OC)cc2)cc1. The van der Waals surface area contributed by atoms with Crippen LogP contribution >= 0.6 is 12.2 Å². The third-order valence-corrected chi connectivity index (χ3v) is 4.57. The van der Waals surface area contributed by atoms with Crippen LogP contribution in [0.15, 0.2) is 72.8 Å². The Kier molecular flexibility index (Phi) is 6.34. The molecule has 144 valence electrons. The van der Waals surface area contributed by atoms with Crippen molar-refractivity contribution in [3.05, 3.63) is 78.4 Å². The Balaban J connectivity index is 1.84. The van der Waals surface area contributed by atoms with Gasteiger partial charge in [-0.05, 0) is 78.4 Å². The summed E-state index contributed by atoms with van der Waals surface area (Å²) in [4.78, 5) is 1.99. The largest absolute Gasteiger partial charge is 0.508 e. The summed E-state index contributed by atoms with van der Waals surface area (Å²) < 4.78 is 10.4. The van der Waals surface area contributed by atoms with Crippen molar-refractivity contribution in [2.45, 2.75) is 6.54 Å². The van der Waals surface area contributed by atoms with Crippen LogP contribution in [0.3, 0.4) is 0 Å². The number of aromatic hydroxyl groups is 1. The Morgan fingerprint density at radius 2 is 1.39 bits per heavy atom. The predicted octanol–water partition coefficient (Wildman–Crippen LogP) is 4.81. The lowest BCUT2D eigenvalue weighted by Gasteiger charge is -2.26. The zero-order chi connectivity index (χ0) is 19.9. The summed E-state index contributed by atoms with van der Waals surface area (Å²) in [6, 6.07) is 22.4. The Labute approximate surface area is 170 Å². The van der Waals surface area contributed by atoms with Crippen LogP contribution in [0.1, 0.15) is 5.56 Å². The minimum Gasteiger partial charge on any atom is -0.508 e. The first-order chi connectivity index (χ1) is 13.6. The van der Waals surface area contributed by atoms with Gasteiger partial charge in [0.25, 0.3) is 0 Å². The first-order valence-corrected chi connectivity index (χ1v) is 9.14. The van der Waals surface area contributed by atoms with Crippen LogP contribution in [0.2, 0.25) is 0 Å². The fourth-order valence-electron chi connectivity index (χ4n) is 2.69. The number of thiocarbonyl (C=S) groups is 1. The van der Waals surface area contributed by atoms with Crippen LogP contribution < -0.4 is 19.7 Å². The summed E-state index contributed by atoms with van der Waals surface area (Å²) >= 11 is 5.69. The van der Waals surface area contributed by atoms with Crippen molar-refractivity contribution < 1.29 is 14.6 Å². The van der Waals surface area contributed by atoms with Gasteiger partial charge in [0.15, 0.2) is 5.11 Å². The highest BCUT2D eigenvalue weighted by Crippen LogP contribution is 2.24. The molecule has 6 heteroatoms. The van der Waals surface area contributed by atoms with Crippen LogP contribution in [0.25, 0.3) is 0 Å². The second kappa shape index (κ2) is 9.10. The molecule has 0 radical (unpaired) electrons. The molecule has 3 aromatic rings. The number of methoxy groups -OCH3 is 2. The summed E-state index contributed by atoms with van der Waals surface area (Å²) in [7, 11) is 3.27. The predicted molar refractivity (Wildman–Crippen MR) is 116 cm³/mol. The van der Waals surface area contributed by atoms with E-state index in [2.05, 4.69) is 5.32 Å². The lowest BCUT2D eigenvalue weighted by atomic mass is 10.2. The summed E-state index contributed by atoms with van der Waals surface area (Å²) in [6.07, 6.45) is 0. The fraction of sp³-hybridized carbons (Fsp3) is 0.136. The van der Waals surface area contributed by atoms with Crippen LogP contribution in [-0.4, -0.2) is 24.4 Å². The molecule has 28 heavy (non-hydrogen) atoms. The van der Waals surface area contributed by atoms with Gasteiger partial charge in [-0.1, -0.05) is 12.1 Å². The van der Waals surface area contributed by atoms with Gasteiger partial charge in [0.2, 0.25) is 0 Å². The van der Waals surface area contributed by atoms with E-state index in [9.17, 15) is 5.11 Å². The molecule has 0 aliphatic carbocycles. The Hall–Kier alpha value is -3.25. The van der Waals surface area contributed by atoms with E-state index >= 15 is 0 Å². The monoisotopic (exact) mass is 394 g/mol. The second-order valence-corrected chi connectivity index (χ2v) is 6.50. The summed E-state index contributed by atoms with van der Waals surface area (Å²) in [6.45, 7) is 0.550. The van der Waals surface area contributed by atoms with E-state index in [1.165, 1.54) is 0 Å². The second-order valence-electron chi connectivity index (χ2n) is 6.11. The highest BCUT2D eigenvalue weighted by Gasteiger charge is 2.14. The van der Waals surface area contributed by atoms with Crippen LogP contribution in [0.5, 0.6) is 17.2 Å². The molecular formula is C22H22N2O3S. The number of hydrogen-bond donors (Lipinski definition) is 2. The van der Waals surface area contributed by atoms with Gasteiger partial charge >= 0.3 is 0 Å². The number of hydrogen-bond acceptors (Lipinski definition) is 4. The van der Waals surface area contributed by atoms with Gasteiger partial charge in [-0.2, -0.15) is 0 Å². The van der Waals surface area contributed by atoms with E-state index in [1.807, 2.05) is 65.6 Å². The first-order valence-electron chi connectivity index (χ1n) is 8.73. The maximum Gasteiger partial charge on any atom is 0.178 e. The van der Waals surface area contributed by atoms with E-state index in [1.54, 1.807) is 26.4 Å². The van der Waals surface area contributed by atoms with Gasteiger partial charge in [0.1, 0.15) is 17.2 Å². The van der Waals surface area contributed by atoms with E-state index in [0.717, 1.165) is 28.4 Å². The molecule has 0 saturated carbocycles. The number of rotatable bonds is 6. The molecule has 0 saturated heterocycles. The fourth-order valence-corrected chi connectivity index (χ4v) is 2.98. The van der Waals surface area contributed by atoms with E-state index in [0.29, 0.717) is 11.7 Å². The lowest BCUT2D eigenvalue weighted by molar-refractivity contribution is 0.415. The van der Waals surface area contributed by atoms with Crippen molar-refractivity contribution in [1.82, 2.24) is 0 Å². The topological polar surface area (TPSA) is 54.0 Å². The molecule has 0 aromatic heterocycles. The standard InChI is InChI=1S/C22H22N2O3S/c1-26-20-11-5-17(6-12-20)23-22(28)24(15-16-3-9-19(25)10-4-16)18-7-13-21(27-2)14-8-18/h3-14,25H,15H2,1-2H3,(H,23,28). The number of nitrogens with zero attached hydrogens (tertiary/aromatic N) is 1. The number of phenols is 1. The van der Waals surface area contributed by atoms with Crippen molar-refractivity contribution in [1.29, 1.82) is 0 Å². The molecule has 5 nitrogen and oxygen atoms in total. The average molecular weight is 394 g/mol. The Bertz CT molecular complexity index is 910. The molecule has 0 atom stereocenters. The first kappa shape index (κ1) is 19.5. The molecule has 3 aromatic carbocycles. The molecule has 0 unspecified atom stereocenters. The molecule has 3 rings (SSSR count). The Morgan fingerprint density at radius 1 is 0.857 bits per heavy atom. The summed E-state index contributed by atoms with van der Waals surface area (Å²) in [5, 5.41) is 13.4. The van der Waals surface area contributed by atoms with Gasteiger partial charge in [-0.3, -0.25) is 0 Å². The van der Waals surface area contributed by atoms with E-state index < -0.39 is 0 Å². The van der Waals surface area contributed by atoms with Gasteiger partial charge < -0.3 is 24.8 Å². The quantitative estimate of drug-likeness (QED) is 0.585. The van der Waals surface area contributed by atoms with Crippen LogP contribution in [0, 0.1) is 0 Å². The third-order valence-electron chi connectivity index (χ3n) is 4.25. The van der Waals surface area contributed by atoms with Gasteiger partial charge in [0, 0.05) is 11.4 Å². The molecule has 0 amide bonds. The molecule has 0 spiro atoms. The molecular weight excluding hydrogens is 372 g/mol. The van der Waals surface area contributed by atoms with Crippen molar-refractivity contribution in [3.8, 4) is 17.2 Å². The van der Waals surface area contributed by atoms with Crippen molar-refractivity contribution in [2.24, 2.45) is 0 Å². The smallest absolute Gasteiger partial charge is 0.178 e. The molecule has 0 fully saturated rings. The maximum atomic E-state index is 9.54. The molecule has 0 aliphatic heterocycles. The molecule has 0 heterocycles. The zero-order valence-electron chi connectivity index (χ0n) is 15.8. The van der Waals surface area contributed by atoms with Gasteiger partial charge in [-0.25, -0.2) is 0 Å². The number of ether oxygens (including phenoxy) is 2. The normalized spacial score (nSPS) is 10.2. The number of anilines is 2. The van der Waals surface area contributed by atoms with Gasteiger partial charge in [-0.15, -0.1) is 0 Å². The Morgan fingerprint density at radius 3 is 1.93 bits per heavy atom. The van der Waals surface area contributed by atoms with Crippen molar-refractivity contribution in [2.75, 3.05) is 24.4 Å². The van der Waals surface area contributed by atoms with Crippen molar-refractivity contribution in [3.63, 3.8) is 0 Å². The van der Waals surface area contributed by atoms with Crippen LogP contribution in [-0.2, 0) is 6.54 Å². The van der Waals surface area contributed by atoms with E-state index in [-0.39, 0.29) is 5.75 Å². The average Bonchev–Trinajstić information content (AvgIpc) is 2.74. The number of nitrogens with one attached hydrogen (secondary N) is 1.